The summed E-state index contributed by atoms with van der Waals surface area (Å²) >= 11 is 0. The molecule has 1 fully saturated rings. The number of carbonyl (C=O) groups excluding carboxylic acids is 1. The van der Waals surface area contributed by atoms with Crippen molar-refractivity contribution in [1.82, 2.24) is 15.2 Å². The molecule has 4 nitrogen and oxygen atoms in total. The number of aromatic nitrogens is 1. The third kappa shape index (κ3) is 3.50. The zero-order valence-corrected chi connectivity index (χ0v) is 10.4. The van der Waals surface area contributed by atoms with Gasteiger partial charge in [0.15, 0.2) is 0 Å². The van der Waals surface area contributed by atoms with E-state index in [1.54, 1.807) is 6.07 Å². The molecule has 1 aliphatic rings. The van der Waals surface area contributed by atoms with E-state index in [9.17, 15) is 9.18 Å². The van der Waals surface area contributed by atoms with Crippen LogP contribution in [-0.2, 0) is 0 Å². The first-order valence-electron chi connectivity index (χ1n) is 6.38. The van der Waals surface area contributed by atoms with Gasteiger partial charge in [0.25, 0.3) is 5.91 Å². The minimum Gasteiger partial charge on any atom is -0.351 e. The van der Waals surface area contributed by atoms with Crippen LogP contribution in [0.2, 0.25) is 0 Å². The van der Waals surface area contributed by atoms with E-state index in [4.69, 9.17) is 0 Å². The number of rotatable bonds is 4. The predicted octanol–water partition coefficient (Wildman–Crippen LogP) is 1.44. The molecular weight excluding hydrogens is 233 g/mol. The van der Waals surface area contributed by atoms with Crippen LogP contribution in [0.25, 0.3) is 0 Å². The van der Waals surface area contributed by atoms with Crippen molar-refractivity contribution in [2.24, 2.45) is 0 Å². The lowest BCUT2D eigenvalue weighted by Crippen LogP contribution is -2.37. The van der Waals surface area contributed by atoms with Gasteiger partial charge in [0.1, 0.15) is 0 Å². The van der Waals surface area contributed by atoms with Crippen LogP contribution in [0.4, 0.5) is 4.39 Å². The normalized spacial score (nSPS) is 16.5. The predicted molar refractivity (Wildman–Crippen MR) is 66.8 cm³/mol. The zero-order chi connectivity index (χ0) is 12.8. The van der Waals surface area contributed by atoms with Gasteiger partial charge < -0.3 is 10.2 Å². The van der Waals surface area contributed by atoms with E-state index in [0.29, 0.717) is 6.54 Å². The van der Waals surface area contributed by atoms with E-state index in [1.807, 2.05) is 0 Å². The van der Waals surface area contributed by atoms with Crippen LogP contribution < -0.4 is 5.32 Å². The van der Waals surface area contributed by atoms with Crippen LogP contribution in [0, 0.1) is 5.95 Å². The molecular formula is C13H18FN3O. The Hall–Kier alpha value is -1.49. The maximum Gasteiger partial charge on any atom is 0.255 e. The zero-order valence-electron chi connectivity index (χ0n) is 10.4. The number of piperidine rings is 1. The fourth-order valence-electron chi connectivity index (χ4n) is 2.16. The quantitative estimate of drug-likeness (QED) is 0.824. The Morgan fingerprint density at radius 2 is 2.17 bits per heavy atom. The number of hydrogen-bond acceptors (Lipinski definition) is 3. The van der Waals surface area contributed by atoms with Gasteiger partial charge in [-0.15, -0.1) is 0 Å². The van der Waals surface area contributed by atoms with Gasteiger partial charge in [-0.25, -0.2) is 4.98 Å². The summed E-state index contributed by atoms with van der Waals surface area (Å²) in [5, 5.41) is 2.73. The third-order valence-electron chi connectivity index (χ3n) is 3.17. The van der Waals surface area contributed by atoms with Gasteiger partial charge in [-0.3, -0.25) is 4.79 Å². The van der Waals surface area contributed by atoms with Crippen LogP contribution in [0.3, 0.4) is 0 Å². The Kier molecular flexibility index (Phi) is 4.64. The van der Waals surface area contributed by atoms with Crippen molar-refractivity contribution in [1.29, 1.82) is 0 Å². The first kappa shape index (κ1) is 13.0. The van der Waals surface area contributed by atoms with Gasteiger partial charge in [-0.05, 0) is 38.1 Å². The van der Waals surface area contributed by atoms with Gasteiger partial charge in [0, 0.05) is 19.3 Å². The molecule has 0 bridgehead atoms. The van der Waals surface area contributed by atoms with E-state index in [0.717, 1.165) is 19.6 Å². The Morgan fingerprint density at radius 3 is 2.89 bits per heavy atom. The summed E-state index contributed by atoms with van der Waals surface area (Å²) in [7, 11) is 0. The highest BCUT2D eigenvalue weighted by Gasteiger charge is 2.13. The largest absolute Gasteiger partial charge is 0.351 e. The van der Waals surface area contributed by atoms with E-state index < -0.39 is 11.9 Å². The van der Waals surface area contributed by atoms with Crippen molar-refractivity contribution >= 4 is 5.91 Å². The van der Waals surface area contributed by atoms with Crippen molar-refractivity contribution in [3.63, 3.8) is 0 Å². The molecule has 18 heavy (non-hydrogen) atoms. The highest BCUT2D eigenvalue weighted by atomic mass is 19.1. The van der Waals surface area contributed by atoms with Gasteiger partial charge in [0.2, 0.25) is 5.95 Å². The van der Waals surface area contributed by atoms with Gasteiger partial charge >= 0.3 is 0 Å². The van der Waals surface area contributed by atoms with E-state index in [1.165, 1.54) is 31.5 Å². The van der Waals surface area contributed by atoms with E-state index >= 15 is 0 Å². The van der Waals surface area contributed by atoms with Crippen molar-refractivity contribution in [2.75, 3.05) is 26.2 Å². The molecule has 2 rings (SSSR count). The second-order valence-corrected chi connectivity index (χ2v) is 4.50. The minimum absolute atomic E-state index is 0.0103. The molecule has 5 heteroatoms. The van der Waals surface area contributed by atoms with E-state index in [2.05, 4.69) is 15.2 Å². The lowest BCUT2D eigenvalue weighted by Gasteiger charge is -2.26. The van der Waals surface area contributed by atoms with Gasteiger partial charge in [-0.2, -0.15) is 4.39 Å². The van der Waals surface area contributed by atoms with Gasteiger partial charge in [0.05, 0.1) is 5.56 Å². The monoisotopic (exact) mass is 251 g/mol. The standard InChI is InChI=1S/C13H18FN3O/c14-12-11(5-4-6-15-12)13(18)16-7-10-17-8-2-1-3-9-17/h4-6H,1-3,7-10H2,(H,16,18). The number of pyridine rings is 1. The molecule has 0 radical (unpaired) electrons. The van der Waals surface area contributed by atoms with Crippen LogP contribution >= 0.6 is 0 Å². The Labute approximate surface area is 106 Å². The van der Waals surface area contributed by atoms with Crippen molar-refractivity contribution in [3.8, 4) is 0 Å². The van der Waals surface area contributed by atoms with Gasteiger partial charge in [-0.1, -0.05) is 6.42 Å². The maximum absolute atomic E-state index is 13.2. The Bertz CT molecular complexity index is 405. The molecule has 0 saturated carbocycles. The topological polar surface area (TPSA) is 45.2 Å². The van der Waals surface area contributed by atoms with Crippen molar-refractivity contribution in [2.45, 2.75) is 19.3 Å². The summed E-state index contributed by atoms with van der Waals surface area (Å²) in [5.74, 6) is -1.11. The first-order valence-corrected chi connectivity index (χ1v) is 6.38. The van der Waals surface area contributed by atoms with Crippen LogP contribution in [0.1, 0.15) is 29.6 Å². The molecule has 0 aliphatic carbocycles. The molecule has 1 aromatic heterocycles. The second-order valence-electron chi connectivity index (χ2n) is 4.50. The molecule has 0 unspecified atom stereocenters. The number of likely N-dealkylation sites (tertiary alicyclic amines) is 1. The molecule has 0 atom stereocenters. The van der Waals surface area contributed by atoms with Crippen LogP contribution in [0.5, 0.6) is 0 Å². The number of carbonyl (C=O) groups is 1. The van der Waals surface area contributed by atoms with E-state index in [-0.39, 0.29) is 5.56 Å². The fraction of sp³-hybridized carbons (Fsp3) is 0.538. The molecule has 1 saturated heterocycles. The molecule has 0 spiro atoms. The summed E-state index contributed by atoms with van der Waals surface area (Å²) in [6.45, 7) is 3.56. The Balaban J connectivity index is 1.76. The SMILES string of the molecule is O=C(NCCN1CCCCC1)c1cccnc1F. The van der Waals surface area contributed by atoms with Crippen LogP contribution in [-0.4, -0.2) is 42.0 Å². The minimum atomic E-state index is -0.715. The second kappa shape index (κ2) is 6.44. The lowest BCUT2D eigenvalue weighted by molar-refractivity contribution is 0.0941. The molecule has 1 aromatic rings. The summed E-state index contributed by atoms with van der Waals surface area (Å²) in [6.07, 6.45) is 5.08. The Morgan fingerprint density at radius 1 is 1.39 bits per heavy atom. The number of hydrogen-bond donors (Lipinski definition) is 1. The number of nitrogens with one attached hydrogen (secondary N) is 1. The maximum atomic E-state index is 13.2. The molecule has 1 N–H and O–H groups in total. The smallest absolute Gasteiger partial charge is 0.255 e. The summed E-state index contributed by atoms with van der Waals surface area (Å²) in [4.78, 5) is 17.5. The lowest BCUT2D eigenvalue weighted by atomic mass is 10.1. The molecule has 98 valence electrons. The molecule has 1 amide bonds. The van der Waals surface area contributed by atoms with Crippen molar-refractivity contribution < 1.29 is 9.18 Å². The first-order chi connectivity index (χ1) is 8.77. The van der Waals surface area contributed by atoms with Crippen LogP contribution in [0.15, 0.2) is 18.3 Å². The third-order valence-corrected chi connectivity index (χ3v) is 3.17. The molecule has 1 aliphatic heterocycles. The number of nitrogens with zero attached hydrogens (tertiary/aromatic N) is 2. The number of amides is 1. The fourth-order valence-corrected chi connectivity index (χ4v) is 2.16. The average molecular weight is 251 g/mol. The summed E-state index contributed by atoms with van der Waals surface area (Å²) in [6, 6.07) is 3.00. The van der Waals surface area contributed by atoms with Crippen molar-refractivity contribution in [3.05, 3.63) is 29.8 Å². The molecule has 0 aromatic carbocycles. The summed E-state index contributed by atoms with van der Waals surface area (Å²) in [5.41, 5.74) is 0.0103. The summed E-state index contributed by atoms with van der Waals surface area (Å²) < 4.78 is 13.2. The highest BCUT2D eigenvalue weighted by Crippen LogP contribution is 2.07. The average Bonchev–Trinajstić information content (AvgIpc) is 2.40. The highest BCUT2D eigenvalue weighted by molar-refractivity contribution is 5.94. The molecule has 2 heterocycles. The number of halogens is 1.